The third-order valence-electron chi connectivity index (χ3n) is 3.94. The molecule has 27 heavy (non-hydrogen) atoms. The maximum atomic E-state index is 12.1. The van der Waals surface area contributed by atoms with Crippen molar-refractivity contribution in [3.8, 4) is 0 Å². The van der Waals surface area contributed by atoms with Crippen molar-refractivity contribution < 1.29 is 13.2 Å². The Kier molecular flexibility index (Phi) is 10.9. The first-order valence-electron chi connectivity index (χ1n) is 8.58. The van der Waals surface area contributed by atoms with Gasteiger partial charge in [0, 0.05) is 32.7 Å². The summed E-state index contributed by atoms with van der Waals surface area (Å²) in [6, 6.07) is 7.43. The second-order valence-corrected chi connectivity index (χ2v) is 9.75. The van der Waals surface area contributed by atoms with E-state index in [1.807, 2.05) is 18.2 Å². The topological polar surface area (TPSA) is 99.7 Å². The number of carbonyl (C=O) groups excluding carboxylic acids is 1. The van der Waals surface area contributed by atoms with Crippen molar-refractivity contribution in [2.45, 2.75) is 31.9 Å². The van der Waals surface area contributed by atoms with E-state index in [4.69, 9.17) is 0 Å². The Hall–Kier alpha value is -1.36. The standard InChI is InChI=1S/C18H30N4O3S.HI/c1-18(2,3)26(24,25)12-11-22-17(20-5)21-10-9-14-7-6-8-15(13-14)16(23)19-4;/h6-8,13H,9-12H2,1-5H3,(H,19,23)(H2,20,21,22);1H. The second-order valence-electron chi connectivity index (χ2n) is 6.89. The Morgan fingerprint density at radius 1 is 1.15 bits per heavy atom. The number of nitrogens with one attached hydrogen (secondary N) is 3. The zero-order valence-corrected chi connectivity index (χ0v) is 19.8. The number of rotatable bonds is 7. The molecule has 1 aromatic carbocycles. The Bertz CT molecular complexity index is 743. The number of benzene rings is 1. The SMILES string of the molecule is CN=C(NCCc1cccc(C(=O)NC)c1)NCCS(=O)(=O)C(C)(C)C.I. The maximum Gasteiger partial charge on any atom is 0.251 e. The van der Waals surface area contributed by atoms with Crippen LogP contribution in [0.25, 0.3) is 0 Å². The fraction of sp³-hybridized carbons (Fsp3) is 0.556. The van der Waals surface area contributed by atoms with Crippen LogP contribution in [0.5, 0.6) is 0 Å². The molecule has 0 aliphatic carbocycles. The number of sulfone groups is 1. The summed E-state index contributed by atoms with van der Waals surface area (Å²) < 4.78 is 23.4. The average molecular weight is 510 g/mol. The van der Waals surface area contributed by atoms with Crippen LogP contribution in [0.2, 0.25) is 0 Å². The number of hydrogen-bond donors (Lipinski definition) is 3. The zero-order chi connectivity index (χ0) is 19.8. The van der Waals surface area contributed by atoms with Crippen molar-refractivity contribution in [1.29, 1.82) is 0 Å². The predicted molar refractivity (Wildman–Crippen MR) is 122 cm³/mol. The highest BCUT2D eigenvalue weighted by Gasteiger charge is 2.28. The van der Waals surface area contributed by atoms with Gasteiger partial charge in [0.2, 0.25) is 0 Å². The Balaban J connectivity index is 0.00000676. The largest absolute Gasteiger partial charge is 0.356 e. The van der Waals surface area contributed by atoms with Gasteiger partial charge in [-0.3, -0.25) is 9.79 Å². The van der Waals surface area contributed by atoms with Gasteiger partial charge in [-0.2, -0.15) is 0 Å². The molecule has 154 valence electrons. The molecule has 0 unspecified atom stereocenters. The molecule has 0 aliphatic heterocycles. The van der Waals surface area contributed by atoms with Crippen LogP contribution >= 0.6 is 24.0 Å². The molecule has 1 amide bonds. The van der Waals surface area contributed by atoms with Crippen molar-refractivity contribution in [3.05, 3.63) is 35.4 Å². The number of hydrogen-bond acceptors (Lipinski definition) is 4. The van der Waals surface area contributed by atoms with Crippen molar-refractivity contribution in [3.63, 3.8) is 0 Å². The van der Waals surface area contributed by atoms with E-state index in [1.165, 1.54) is 0 Å². The molecule has 0 spiro atoms. The molecule has 0 fully saturated rings. The Labute approximate surface area is 179 Å². The minimum absolute atomic E-state index is 0. The van der Waals surface area contributed by atoms with E-state index in [9.17, 15) is 13.2 Å². The minimum Gasteiger partial charge on any atom is -0.356 e. The molecule has 0 atom stereocenters. The van der Waals surface area contributed by atoms with Crippen molar-refractivity contribution >= 4 is 45.7 Å². The highest BCUT2D eigenvalue weighted by Crippen LogP contribution is 2.15. The molecule has 3 N–H and O–H groups in total. The molecule has 0 aliphatic rings. The monoisotopic (exact) mass is 510 g/mol. The van der Waals surface area contributed by atoms with Crippen molar-refractivity contribution in [2.24, 2.45) is 4.99 Å². The highest BCUT2D eigenvalue weighted by molar-refractivity contribution is 14.0. The van der Waals surface area contributed by atoms with E-state index in [2.05, 4.69) is 20.9 Å². The number of halogens is 1. The number of aliphatic imine (C=N–C) groups is 1. The van der Waals surface area contributed by atoms with Crippen LogP contribution in [0.15, 0.2) is 29.3 Å². The van der Waals surface area contributed by atoms with Gasteiger partial charge in [-0.05, 0) is 44.9 Å². The predicted octanol–water partition coefficient (Wildman–Crippen LogP) is 1.58. The molecule has 0 aromatic heterocycles. The summed E-state index contributed by atoms with van der Waals surface area (Å²) in [5.41, 5.74) is 1.66. The number of carbonyl (C=O) groups is 1. The first-order chi connectivity index (χ1) is 12.1. The summed E-state index contributed by atoms with van der Waals surface area (Å²) in [5.74, 6) is 0.486. The summed E-state index contributed by atoms with van der Waals surface area (Å²) in [6.45, 7) is 6.00. The summed E-state index contributed by atoms with van der Waals surface area (Å²) in [7, 11) is 0.0782. The van der Waals surface area contributed by atoms with Crippen LogP contribution in [0, 0.1) is 0 Å². The lowest BCUT2D eigenvalue weighted by Crippen LogP contribution is -2.42. The van der Waals surface area contributed by atoms with Crippen LogP contribution in [-0.4, -0.2) is 58.0 Å². The molecule has 0 heterocycles. The molecular weight excluding hydrogens is 479 g/mol. The van der Waals surface area contributed by atoms with Gasteiger partial charge in [0.25, 0.3) is 5.91 Å². The fourth-order valence-electron chi connectivity index (χ4n) is 2.17. The second kappa shape index (κ2) is 11.5. The van der Waals surface area contributed by atoms with Crippen LogP contribution < -0.4 is 16.0 Å². The first kappa shape index (κ1) is 25.6. The van der Waals surface area contributed by atoms with Gasteiger partial charge in [0.1, 0.15) is 0 Å². The van der Waals surface area contributed by atoms with Crippen molar-refractivity contribution in [1.82, 2.24) is 16.0 Å². The van der Waals surface area contributed by atoms with Crippen LogP contribution in [-0.2, 0) is 16.3 Å². The summed E-state index contributed by atoms with van der Waals surface area (Å²) >= 11 is 0. The van der Waals surface area contributed by atoms with Gasteiger partial charge in [-0.1, -0.05) is 12.1 Å². The zero-order valence-electron chi connectivity index (χ0n) is 16.6. The first-order valence-corrected chi connectivity index (χ1v) is 10.2. The van der Waals surface area contributed by atoms with Gasteiger partial charge < -0.3 is 16.0 Å². The van der Waals surface area contributed by atoms with E-state index in [1.54, 1.807) is 40.9 Å². The van der Waals surface area contributed by atoms with E-state index >= 15 is 0 Å². The highest BCUT2D eigenvalue weighted by atomic mass is 127. The summed E-state index contributed by atoms with van der Waals surface area (Å²) in [4.78, 5) is 15.8. The molecule has 1 rings (SSSR count). The molecule has 7 nitrogen and oxygen atoms in total. The van der Waals surface area contributed by atoms with Crippen LogP contribution in [0.1, 0.15) is 36.7 Å². The van der Waals surface area contributed by atoms with Crippen LogP contribution in [0.3, 0.4) is 0 Å². The van der Waals surface area contributed by atoms with E-state index in [0.717, 1.165) is 5.56 Å². The third kappa shape index (κ3) is 8.46. The van der Waals surface area contributed by atoms with Gasteiger partial charge >= 0.3 is 0 Å². The van der Waals surface area contributed by atoms with Crippen molar-refractivity contribution in [2.75, 3.05) is 32.9 Å². The minimum atomic E-state index is -3.16. The van der Waals surface area contributed by atoms with E-state index in [0.29, 0.717) is 31.0 Å². The van der Waals surface area contributed by atoms with Gasteiger partial charge in [-0.25, -0.2) is 8.42 Å². The maximum absolute atomic E-state index is 12.1. The molecular formula is C18H31IN4O3S. The number of amides is 1. The lowest BCUT2D eigenvalue weighted by molar-refractivity contribution is 0.0963. The lowest BCUT2D eigenvalue weighted by atomic mass is 10.1. The van der Waals surface area contributed by atoms with Gasteiger partial charge in [0.05, 0.1) is 10.5 Å². The number of guanidine groups is 1. The number of nitrogens with zero attached hydrogens (tertiary/aromatic N) is 1. The van der Waals surface area contributed by atoms with Gasteiger partial charge in [0.15, 0.2) is 15.8 Å². The fourth-order valence-corrected chi connectivity index (χ4v) is 3.15. The molecule has 0 radical (unpaired) electrons. The normalized spacial score (nSPS) is 12.1. The van der Waals surface area contributed by atoms with E-state index in [-0.39, 0.29) is 35.6 Å². The Morgan fingerprint density at radius 2 is 1.78 bits per heavy atom. The summed E-state index contributed by atoms with van der Waals surface area (Å²) in [6.07, 6.45) is 0.714. The molecule has 1 aromatic rings. The van der Waals surface area contributed by atoms with Crippen LogP contribution in [0.4, 0.5) is 0 Å². The smallest absolute Gasteiger partial charge is 0.251 e. The van der Waals surface area contributed by atoms with E-state index < -0.39 is 14.6 Å². The quantitative estimate of drug-likeness (QED) is 0.294. The summed E-state index contributed by atoms with van der Waals surface area (Å²) in [5, 5.41) is 8.77. The average Bonchev–Trinajstić information content (AvgIpc) is 2.58. The molecule has 0 saturated heterocycles. The molecule has 9 heteroatoms. The Morgan fingerprint density at radius 3 is 2.33 bits per heavy atom. The molecule has 0 saturated carbocycles. The van der Waals surface area contributed by atoms with Gasteiger partial charge in [-0.15, -0.1) is 24.0 Å². The lowest BCUT2D eigenvalue weighted by Gasteiger charge is -2.19. The molecule has 0 bridgehead atoms. The third-order valence-corrected chi connectivity index (χ3v) is 6.55.